The molecule has 5 rings (SSSR count). The third-order valence-electron chi connectivity index (χ3n) is 5.66. The first-order valence-electron chi connectivity index (χ1n) is 9.67. The standard InChI is InChI=1S/C21H20N4O4S/c1-4-24-12(9-10-22-24)11-15-18(26)25-17-13-7-5-6-8-14(13)29-21(2,23-20(25)30-15)16(17)19(27)28-3/h5-11,16-17H,4H2,1-3H3/b15-11-/t16-,17+,21-/m1/s1. The molecule has 9 heteroatoms. The molecule has 0 N–H and O–H groups in total. The van der Waals surface area contributed by atoms with Gasteiger partial charge in [-0.2, -0.15) is 5.10 Å². The van der Waals surface area contributed by atoms with Crippen molar-refractivity contribution in [1.82, 2.24) is 14.3 Å². The van der Waals surface area contributed by atoms with E-state index in [2.05, 4.69) is 5.10 Å². The van der Waals surface area contributed by atoms with Crippen LogP contribution in [-0.4, -0.2) is 33.2 Å². The molecule has 0 fully saturated rings. The molecule has 154 valence electrons. The number of thiazole rings is 1. The molecule has 4 heterocycles. The largest absolute Gasteiger partial charge is 0.469 e. The lowest BCUT2D eigenvalue weighted by Gasteiger charge is -2.44. The molecule has 0 spiro atoms. The Bertz CT molecular complexity index is 1340. The van der Waals surface area contributed by atoms with Crippen LogP contribution in [0.5, 0.6) is 5.75 Å². The van der Waals surface area contributed by atoms with Crippen molar-refractivity contribution in [2.24, 2.45) is 10.9 Å². The van der Waals surface area contributed by atoms with Crippen molar-refractivity contribution in [1.29, 1.82) is 0 Å². The predicted molar refractivity (Wildman–Crippen MR) is 110 cm³/mol. The lowest BCUT2D eigenvalue weighted by molar-refractivity contribution is -0.158. The van der Waals surface area contributed by atoms with Crippen LogP contribution in [0.15, 0.2) is 46.3 Å². The molecule has 2 bridgehead atoms. The molecule has 3 atom stereocenters. The zero-order valence-electron chi connectivity index (χ0n) is 16.7. The van der Waals surface area contributed by atoms with Gasteiger partial charge in [-0.15, -0.1) is 0 Å². The Morgan fingerprint density at radius 3 is 2.93 bits per heavy atom. The van der Waals surface area contributed by atoms with Gasteiger partial charge in [0.15, 0.2) is 4.80 Å². The van der Waals surface area contributed by atoms with Crippen LogP contribution in [-0.2, 0) is 16.1 Å². The van der Waals surface area contributed by atoms with Crippen molar-refractivity contribution >= 4 is 23.4 Å². The maximum atomic E-state index is 13.5. The molecule has 1 aromatic carbocycles. The van der Waals surface area contributed by atoms with Gasteiger partial charge in [-0.05, 0) is 32.1 Å². The van der Waals surface area contributed by atoms with E-state index in [1.165, 1.54) is 18.4 Å². The van der Waals surface area contributed by atoms with Crippen molar-refractivity contribution in [3.8, 4) is 5.75 Å². The van der Waals surface area contributed by atoms with E-state index < -0.39 is 23.7 Å². The molecule has 2 aliphatic heterocycles. The summed E-state index contributed by atoms with van der Waals surface area (Å²) in [6.07, 6.45) is 3.52. The zero-order chi connectivity index (χ0) is 21.0. The zero-order valence-corrected chi connectivity index (χ0v) is 17.5. The highest BCUT2D eigenvalue weighted by Crippen LogP contribution is 2.47. The summed E-state index contributed by atoms with van der Waals surface area (Å²) >= 11 is 1.29. The summed E-state index contributed by atoms with van der Waals surface area (Å²) in [5.41, 5.74) is 0.252. The number of esters is 1. The summed E-state index contributed by atoms with van der Waals surface area (Å²) in [4.78, 5) is 31.5. The van der Waals surface area contributed by atoms with Crippen LogP contribution in [0.3, 0.4) is 0 Å². The third kappa shape index (κ3) is 2.58. The number of aryl methyl sites for hydroxylation is 1. The second kappa shape index (κ2) is 6.66. The van der Waals surface area contributed by atoms with Gasteiger partial charge in [-0.3, -0.25) is 18.8 Å². The Kier molecular flexibility index (Phi) is 4.18. The van der Waals surface area contributed by atoms with E-state index in [1.54, 1.807) is 17.7 Å². The van der Waals surface area contributed by atoms with Crippen LogP contribution in [0.4, 0.5) is 0 Å². The number of rotatable bonds is 3. The molecule has 3 aromatic rings. The van der Waals surface area contributed by atoms with Crippen LogP contribution in [0, 0.1) is 5.92 Å². The van der Waals surface area contributed by atoms with Crippen molar-refractivity contribution < 1.29 is 14.3 Å². The van der Waals surface area contributed by atoms with E-state index in [9.17, 15) is 9.59 Å². The molecule has 0 radical (unpaired) electrons. The number of nitrogens with zero attached hydrogens (tertiary/aromatic N) is 4. The van der Waals surface area contributed by atoms with Crippen molar-refractivity contribution in [3.63, 3.8) is 0 Å². The number of para-hydroxylation sites is 1. The van der Waals surface area contributed by atoms with Crippen molar-refractivity contribution in [2.45, 2.75) is 32.2 Å². The van der Waals surface area contributed by atoms with Gasteiger partial charge in [-0.1, -0.05) is 29.5 Å². The number of fused-ring (bicyclic) bond motifs is 6. The average Bonchev–Trinajstić information content (AvgIpc) is 3.30. The highest BCUT2D eigenvalue weighted by molar-refractivity contribution is 7.07. The van der Waals surface area contributed by atoms with E-state index in [0.717, 1.165) is 11.3 Å². The molecule has 2 aliphatic rings. The Morgan fingerprint density at radius 2 is 2.17 bits per heavy atom. The average molecular weight is 424 g/mol. The van der Waals surface area contributed by atoms with Crippen LogP contribution in [0.1, 0.15) is 31.1 Å². The van der Waals surface area contributed by atoms with E-state index in [1.807, 2.05) is 48.0 Å². The minimum absolute atomic E-state index is 0.194. The van der Waals surface area contributed by atoms with Gasteiger partial charge in [0.2, 0.25) is 5.72 Å². The summed E-state index contributed by atoms with van der Waals surface area (Å²) < 4.78 is 15.2. The van der Waals surface area contributed by atoms with E-state index in [4.69, 9.17) is 14.5 Å². The molecular formula is C21H20N4O4S. The molecule has 30 heavy (non-hydrogen) atoms. The lowest BCUT2D eigenvalue weighted by atomic mass is 9.81. The smallest absolute Gasteiger partial charge is 0.317 e. The summed E-state index contributed by atoms with van der Waals surface area (Å²) in [7, 11) is 1.34. The quantitative estimate of drug-likeness (QED) is 0.587. The minimum Gasteiger partial charge on any atom is -0.469 e. The van der Waals surface area contributed by atoms with E-state index in [-0.39, 0.29) is 5.56 Å². The number of benzene rings is 1. The Morgan fingerprint density at radius 1 is 1.37 bits per heavy atom. The number of ether oxygens (including phenoxy) is 2. The minimum atomic E-state index is -1.16. The summed E-state index contributed by atoms with van der Waals surface area (Å²) in [5.74, 6) is -0.613. The highest BCUT2D eigenvalue weighted by atomic mass is 32.1. The fraction of sp³-hybridized carbons (Fsp3) is 0.333. The van der Waals surface area contributed by atoms with Crippen molar-refractivity contribution in [3.05, 3.63) is 67.5 Å². The van der Waals surface area contributed by atoms with E-state index >= 15 is 0 Å². The van der Waals surface area contributed by atoms with Crippen LogP contribution in [0.25, 0.3) is 6.08 Å². The number of aromatic nitrogens is 3. The van der Waals surface area contributed by atoms with E-state index in [0.29, 0.717) is 21.6 Å². The molecule has 0 saturated carbocycles. The second-order valence-electron chi connectivity index (χ2n) is 7.39. The number of methoxy groups -OCH3 is 1. The monoisotopic (exact) mass is 424 g/mol. The molecule has 0 unspecified atom stereocenters. The fourth-order valence-corrected chi connectivity index (χ4v) is 5.38. The maximum Gasteiger partial charge on any atom is 0.317 e. The predicted octanol–water partition coefficient (Wildman–Crippen LogP) is 1.08. The first-order valence-corrected chi connectivity index (χ1v) is 10.5. The first kappa shape index (κ1) is 18.8. The van der Waals surface area contributed by atoms with Gasteiger partial charge >= 0.3 is 5.97 Å². The Hall–Kier alpha value is -3.20. The maximum absolute atomic E-state index is 13.5. The first-order chi connectivity index (χ1) is 14.5. The van der Waals surface area contributed by atoms with Crippen molar-refractivity contribution in [2.75, 3.05) is 7.11 Å². The molecule has 0 aliphatic carbocycles. The normalized spacial score (nSPS) is 24.4. The highest BCUT2D eigenvalue weighted by Gasteiger charge is 2.55. The van der Waals surface area contributed by atoms with Gasteiger partial charge in [0.25, 0.3) is 5.56 Å². The van der Waals surface area contributed by atoms with Gasteiger partial charge in [0.1, 0.15) is 11.7 Å². The molecule has 0 saturated heterocycles. The van der Waals surface area contributed by atoms with Gasteiger partial charge in [0, 0.05) is 18.3 Å². The van der Waals surface area contributed by atoms with Crippen LogP contribution < -0.4 is 19.6 Å². The molecule has 0 amide bonds. The molecular weight excluding hydrogens is 404 g/mol. The fourth-order valence-electron chi connectivity index (χ4n) is 4.30. The number of hydrogen-bond acceptors (Lipinski definition) is 7. The lowest BCUT2D eigenvalue weighted by Crippen LogP contribution is -2.58. The topological polar surface area (TPSA) is 87.7 Å². The number of hydrogen-bond donors (Lipinski definition) is 0. The number of carbonyl (C=O) groups excluding carboxylic acids is 1. The summed E-state index contributed by atoms with van der Waals surface area (Å²) in [6.45, 7) is 4.45. The summed E-state index contributed by atoms with van der Waals surface area (Å²) in [6, 6.07) is 8.75. The molecule has 2 aromatic heterocycles. The SMILES string of the molecule is CCn1nccc1/C=c1\sc2n(c1=O)[C@H]1c3ccccc3O[C@@](C)(N=2)[C@H]1C(=O)OC. The van der Waals surface area contributed by atoms with Gasteiger partial charge in [-0.25, -0.2) is 4.99 Å². The Balaban J connectivity index is 1.80. The molecule has 8 nitrogen and oxygen atoms in total. The number of carbonyl (C=O) groups is 1. The second-order valence-corrected chi connectivity index (χ2v) is 8.40. The Labute approximate surface area is 175 Å². The summed E-state index contributed by atoms with van der Waals surface area (Å²) in [5, 5.41) is 4.26. The third-order valence-corrected chi connectivity index (χ3v) is 6.65. The van der Waals surface area contributed by atoms with Crippen LogP contribution >= 0.6 is 11.3 Å². The van der Waals surface area contributed by atoms with Crippen LogP contribution in [0.2, 0.25) is 0 Å². The van der Waals surface area contributed by atoms with Gasteiger partial charge in [0.05, 0.1) is 23.4 Å². The van der Waals surface area contributed by atoms with Gasteiger partial charge < -0.3 is 9.47 Å².